The molecule has 1 aliphatic heterocycles. The molecular weight excluding hydrogens is 311 g/mol. The number of oxime groups is 1. The van der Waals surface area contributed by atoms with Crippen molar-refractivity contribution in [1.29, 1.82) is 0 Å². The molecule has 0 fully saturated rings. The van der Waals surface area contributed by atoms with Gasteiger partial charge in [0, 0.05) is 13.0 Å². The molecule has 2 aromatic carbocycles. The van der Waals surface area contributed by atoms with Crippen molar-refractivity contribution >= 4 is 11.6 Å². The van der Waals surface area contributed by atoms with Gasteiger partial charge in [-0.1, -0.05) is 29.4 Å². The molecule has 24 heavy (non-hydrogen) atoms. The molecule has 1 amide bonds. The van der Waals surface area contributed by atoms with Crippen LogP contribution in [0.2, 0.25) is 0 Å². The first kappa shape index (κ1) is 16.0. The Hall–Kier alpha value is -2.89. The maximum atomic E-state index is 12.9. The number of amides is 1. The highest BCUT2D eigenvalue weighted by atomic mass is 19.1. The molecule has 0 radical (unpaired) electrons. The van der Waals surface area contributed by atoms with E-state index in [1.807, 2.05) is 24.3 Å². The van der Waals surface area contributed by atoms with Gasteiger partial charge < -0.3 is 14.9 Å². The Morgan fingerprint density at radius 2 is 1.96 bits per heavy atom. The van der Waals surface area contributed by atoms with Crippen molar-refractivity contribution < 1.29 is 18.8 Å². The average molecular weight is 328 g/mol. The lowest BCUT2D eigenvalue weighted by atomic mass is 10.0. The molecule has 0 bridgehead atoms. The number of methoxy groups -OCH3 is 1. The van der Waals surface area contributed by atoms with Crippen LogP contribution in [0, 0.1) is 5.82 Å². The molecule has 3 rings (SSSR count). The molecule has 124 valence electrons. The standard InChI is InChI=1S/C18H17FN2O3/c1-23-15-8-2-12(3-9-15)11-20-18(22)17-10-16(21-24-17)13-4-6-14(19)7-5-13/h2-9,17H,10-11H2,1H3,(H,20,22)/t17-/m1/s1. The van der Waals surface area contributed by atoms with E-state index in [1.54, 1.807) is 19.2 Å². The summed E-state index contributed by atoms with van der Waals surface area (Å²) in [7, 11) is 1.60. The van der Waals surface area contributed by atoms with Gasteiger partial charge in [0.05, 0.1) is 12.8 Å². The van der Waals surface area contributed by atoms with Crippen molar-refractivity contribution in [2.75, 3.05) is 7.11 Å². The van der Waals surface area contributed by atoms with E-state index in [0.717, 1.165) is 16.9 Å². The molecule has 2 aromatic rings. The van der Waals surface area contributed by atoms with Gasteiger partial charge in [-0.2, -0.15) is 0 Å². The molecule has 0 aliphatic carbocycles. The number of ether oxygens (including phenoxy) is 1. The van der Waals surface area contributed by atoms with Crippen LogP contribution in [-0.4, -0.2) is 24.8 Å². The number of nitrogens with zero attached hydrogens (tertiary/aromatic N) is 1. The second-order valence-corrected chi connectivity index (χ2v) is 5.41. The Morgan fingerprint density at radius 3 is 2.62 bits per heavy atom. The Kier molecular flexibility index (Phi) is 4.74. The van der Waals surface area contributed by atoms with Crippen LogP contribution >= 0.6 is 0 Å². The molecule has 5 nitrogen and oxygen atoms in total. The smallest absolute Gasteiger partial charge is 0.264 e. The third-order valence-electron chi connectivity index (χ3n) is 3.76. The SMILES string of the molecule is COc1ccc(CNC(=O)[C@H]2CC(c3ccc(F)cc3)=NO2)cc1. The lowest BCUT2D eigenvalue weighted by Crippen LogP contribution is -2.34. The monoisotopic (exact) mass is 328 g/mol. The van der Waals surface area contributed by atoms with E-state index >= 15 is 0 Å². The third-order valence-corrected chi connectivity index (χ3v) is 3.76. The fourth-order valence-corrected chi connectivity index (χ4v) is 2.38. The Labute approximate surface area is 139 Å². The summed E-state index contributed by atoms with van der Waals surface area (Å²) in [6.07, 6.45) is -0.302. The van der Waals surface area contributed by atoms with Gasteiger partial charge in [-0.15, -0.1) is 0 Å². The van der Waals surface area contributed by atoms with Crippen LogP contribution in [-0.2, 0) is 16.2 Å². The van der Waals surface area contributed by atoms with Crippen LogP contribution in [0.5, 0.6) is 5.75 Å². The zero-order chi connectivity index (χ0) is 16.9. The normalized spacial score (nSPS) is 16.2. The van der Waals surface area contributed by atoms with Crippen molar-refractivity contribution in [3.8, 4) is 5.75 Å². The maximum absolute atomic E-state index is 12.9. The molecule has 0 saturated carbocycles. The zero-order valence-electron chi connectivity index (χ0n) is 13.2. The lowest BCUT2D eigenvalue weighted by molar-refractivity contribution is -0.131. The fourth-order valence-electron chi connectivity index (χ4n) is 2.38. The van der Waals surface area contributed by atoms with Crippen molar-refractivity contribution in [3.05, 3.63) is 65.5 Å². The summed E-state index contributed by atoms with van der Waals surface area (Å²) in [5.74, 6) is 0.222. The number of hydrogen-bond donors (Lipinski definition) is 1. The highest BCUT2D eigenvalue weighted by Crippen LogP contribution is 2.17. The van der Waals surface area contributed by atoms with Crippen molar-refractivity contribution in [2.45, 2.75) is 19.1 Å². The Bertz CT molecular complexity index is 742. The van der Waals surface area contributed by atoms with E-state index in [2.05, 4.69) is 10.5 Å². The average Bonchev–Trinajstić information content (AvgIpc) is 3.11. The summed E-state index contributed by atoms with van der Waals surface area (Å²) in [4.78, 5) is 17.4. The van der Waals surface area contributed by atoms with E-state index < -0.39 is 6.10 Å². The number of rotatable bonds is 5. The Balaban J connectivity index is 1.52. The fraction of sp³-hybridized carbons (Fsp3) is 0.222. The van der Waals surface area contributed by atoms with Crippen LogP contribution in [0.4, 0.5) is 4.39 Å². The molecule has 0 spiro atoms. The van der Waals surface area contributed by atoms with Gasteiger partial charge in [0.25, 0.3) is 5.91 Å². The van der Waals surface area contributed by atoms with Crippen LogP contribution in [0.1, 0.15) is 17.5 Å². The minimum atomic E-state index is -0.664. The van der Waals surface area contributed by atoms with Crippen LogP contribution in [0.3, 0.4) is 0 Å². The van der Waals surface area contributed by atoms with Crippen molar-refractivity contribution in [1.82, 2.24) is 5.32 Å². The molecule has 0 unspecified atom stereocenters. The summed E-state index contributed by atoms with van der Waals surface area (Å²) >= 11 is 0. The first-order valence-electron chi connectivity index (χ1n) is 7.55. The Morgan fingerprint density at radius 1 is 1.25 bits per heavy atom. The van der Waals surface area contributed by atoms with Gasteiger partial charge in [0.1, 0.15) is 11.6 Å². The molecule has 1 N–H and O–H groups in total. The number of carbonyl (C=O) groups excluding carboxylic acids is 1. The highest BCUT2D eigenvalue weighted by Gasteiger charge is 2.28. The minimum absolute atomic E-state index is 0.230. The third kappa shape index (κ3) is 3.71. The van der Waals surface area contributed by atoms with Crippen LogP contribution < -0.4 is 10.1 Å². The predicted octanol–water partition coefficient (Wildman–Crippen LogP) is 2.64. The summed E-state index contributed by atoms with van der Waals surface area (Å²) in [5, 5.41) is 6.75. The predicted molar refractivity (Wildman–Crippen MR) is 87.3 cm³/mol. The van der Waals surface area contributed by atoms with Gasteiger partial charge in [-0.25, -0.2) is 4.39 Å². The number of benzene rings is 2. The van der Waals surface area contributed by atoms with Gasteiger partial charge >= 0.3 is 0 Å². The highest BCUT2D eigenvalue weighted by molar-refractivity contribution is 6.04. The quantitative estimate of drug-likeness (QED) is 0.918. The summed E-state index contributed by atoms with van der Waals surface area (Å²) in [6.45, 7) is 0.397. The molecule has 0 saturated heterocycles. The minimum Gasteiger partial charge on any atom is -0.497 e. The van der Waals surface area contributed by atoms with Crippen molar-refractivity contribution in [3.63, 3.8) is 0 Å². The number of carbonyl (C=O) groups is 1. The van der Waals surface area contributed by atoms with Gasteiger partial charge in [-0.3, -0.25) is 4.79 Å². The zero-order valence-corrected chi connectivity index (χ0v) is 13.2. The molecule has 6 heteroatoms. The van der Waals surface area contributed by atoms with E-state index in [4.69, 9.17) is 9.57 Å². The largest absolute Gasteiger partial charge is 0.497 e. The lowest BCUT2D eigenvalue weighted by Gasteiger charge is -2.10. The van der Waals surface area contributed by atoms with E-state index in [-0.39, 0.29) is 11.7 Å². The van der Waals surface area contributed by atoms with Gasteiger partial charge in [-0.05, 0) is 35.4 Å². The van der Waals surface area contributed by atoms with Gasteiger partial charge in [0.2, 0.25) is 6.10 Å². The van der Waals surface area contributed by atoms with Crippen molar-refractivity contribution in [2.24, 2.45) is 5.16 Å². The van der Waals surface area contributed by atoms with Crippen LogP contribution in [0.25, 0.3) is 0 Å². The molecule has 0 aromatic heterocycles. The summed E-state index contributed by atoms with van der Waals surface area (Å²) in [6, 6.07) is 13.4. The van der Waals surface area contributed by atoms with Crippen LogP contribution in [0.15, 0.2) is 53.7 Å². The number of halogens is 1. The first-order valence-corrected chi connectivity index (χ1v) is 7.55. The summed E-state index contributed by atoms with van der Waals surface area (Å²) in [5.41, 5.74) is 2.35. The summed E-state index contributed by atoms with van der Waals surface area (Å²) < 4.78 is 18.0. The van der Waals surface area contributed by atoms with E-state index in [1.165, 1.54) is 12.1 Å². The number of nitrogens with one attached hydrogen (secondary N) is 1. The molecular formula is C18H17FN2O3. The van der Waals surface area contributed by atoms with E-state index in [0.29, 0.717) is 18.7 Å². The second-order valence-electron chi connectivity index (χ2n) is 5.41. The molecule has 1 aliphatic rings. The van der Waals surface area contributed by atoms with Gasteiger partial charge in [0.15, 0.2) is 0 Å². The topological polar surface area (TPSA) is 59.9 Å². The second kappa shape index (κ2) is 7.12. The molecule has 1 atom stereocenters. The first-order chi connectivity index (χ1) is 11.7. The molecule has 1 heterocycles. The number of hydrogen-bond acceptors (Lipinski definition) is 4. The van der Waals surface area contributed by atoms with E-state index in [9.17, 15) is 9.18 Å². The maximum Gasteiger partial charge on any atom is 0.264 e.